The van der Waals surface area contributed by atoms with Crippen molar-refractivity contribution < 1.29 is 13.5 Å². The van der Waals surface area contributed by atoms with Gasteiger partial charge in [0.05, 0.1) is 19.1 Å². The normalized spacial score (nSPS) is 22.0. The lowest BCUT2D eigenvalue weighted by Crippen LogP contribution is -2.46. The minimum atomic E-state index is -0.827. The van der Waals surface area contributed by atoms with Crippen LogP contribution in [0.1, 0.15) is 40.2 Å². The highest BCUT2D eigenvalue weighted by molar-refractivity contribution is 5.69. The third-order valence-corrected chi connectivity index (χ3v) is 6.91. The average Bonchev–Trinajstić information content (AvgIpc) is 3.13. The second-order valence-corrected chi connectivity index (χ2v) is 8.67. The third-order valence-electron chi connectivity index (χ3n) is 6.91. The molecule has 5 rings (SSSR count). The van der Waals surface area contributed by atoms with Crippen LogP contribution >= 0.6 is 0 Å². The van der Waals surface area contributed by atoms with E-state index in [1.54, 1.807) is 0 Å². The Morgan fingerprint density at radius 1 is 1.12 bits per heavy atom. The highest BCUT2D eigenvalue weighted by atomic mass is 19.2. The predicted molar refractivity (Wildman–Crippen MR) is 119 cm³/mol. The number of fused-ring (bicyclic) bond motifs is 2. The van der Waals surface area contributed by atoms with Crippen LogP contribution in [-0.4, -0.2) is 13.1 Å². The summed E-state index contributed by atoms with van der Waals surface area (Å²) < 4.78 is 34.4. The van der Waals surface area contributed by atoms with Gasteiger partial charge >= 0.3 is 0 Å². The van der Waals surface area contributed by atoms with Crippen molar-refractivity contribution in [2.24, 2.45) is 0 Å². The van der Waals surface area contributed by atoms with Gasteiger partial charge in [-0.05, 0) is 71.0 Å². The Bertz CT molecular complexity index is 1230. The summed E-state index contributed by atoms with van der Waals surface area (Å²) in [6, 6.07) is 19.2. The van der Waals surface area contributed by atoms with Gasteiger partial charge in [-0.25, -0.2) is 8.78 Å². The summed E-state index contributed by atoms with van der Waals surface area (Å²) in [5, 5.41) is 12.6. The number of piperidine rings is 1. The number of nitriles is 1. The summed E-state index contributed by atoms with van der Waals surface area (Å²) in [5.41, 5.74) is 6.21. The lowest BCUT2D eigenvalue weighted by Gasteiger charge is -2.42. The summed E-state index contributed by atoms with van der Waals surface area (Å²) in [4.78, 5) is 0. The van der Waals surface area contributed by atoms with Crippen molar-refractivity contribution in [3.63, 3.8) is 0 Å². The monoisotopic (exact) mass is 430 g/mol. The van der Waals surface area contributed by atoms with E-state index in [-0.39, 0.29) is 5.92 Å². The van der Waals surface area contributed by atoms with E-state index in [2.05, 4.69) is 36.5 Å². The van der Waals surface area contributed by atoms with Crippen molar-refractivity contribution in [1.29, 1.82) is 5.26 Å². The van der Waals surface area contributed by atoms with E-state index < -0.39 is 17.2 Å². The Morgan fingerprint density at radius 3 is 2.75 bits per heavy atom. The molecule has 2 aliphatic rings. The zero-order valence-corrected chi connectivity index (χ0v) is 17.9. The summed E-state index contributed by atoms with van der Waals surface area (Å²) >= 11 is 0. The van der Waals surface area contributed by atoms with Gasteiger partial charge in [0.1, 0.15) is 5.60 Å². The molecule has 0 bridgehead atoms. The molecule has 3 aromatic rings. The van der Waals surface area contributed by atoms with E-state index in [0.29, 0.717) is 26.0 Å². The molecule has 32 heavy (non-hydrogen) atoms. The van der Waals surface area contributed by atoms with Gasteiger partial charge in [-0.1, -0.05) is 42.5 Å². The van der Waals surface area contributed by atoms with Crippen LogP contribution in [0.2, 0.25) is 0 Å². The van der Waals surface area contributed by atoms with E-state index in [1.165, 1.54) is 12.1 Å². The topological polar surface area (TPSA) is 45.0 Å². The minimum Gasteiger partial charge on any atom is -0.365 e. The Morgan fingerprint density at radius 2 is 1.94 bits per heavy atom. The molecule has 2 aliphatic heterocycles. The predicted octanol–water partition coefficient (Wildman–Crippen LogP) is 5.51. The molecular weight excluding hydrogens is 406 g/mol. The van der Waals surface area contributed by atoms with Crippen LogP contribution < -0.4 is 5.32 Å². The van der Waals surface area contributed by atoms with Crippen molar-refractivity contribution >= 4 is 0 Å². The maximum Gasteiger partial charge on any atom is 0.159 e. The number of nitrogens with zero attached hydrogens (tertiary/aromatic N) is 1. The van der Waals surface area contributed by atoms with Crippen molar-refractivity contribution in [2.45, 2.75) is 37.9 Å². The quantitative estimate of drug-likeness (QED) is 0.596. The van der Waals surface area contributed by atoms with Gasteiger partial charge < -0.3 is 10.1 Å². The Balaban J connectivity index is 1.57. The zero-order valence-electron chi connectivity index (χ0n) is 17.9. The van der Waals surface area contributed by atoms with E-state index in [0.717, 1.165) is 45.5 Å². The van der Waals surface area contributed by atoms with Gasteiger partial charge in [0.15, 0.2) is 11.6 Å². The number of benzene rings is 3. The summed E-state index contributed by atoms with van der Waals surface area (Å²) in [7, 11) is 0. The minimum absolute atomic E-state index is 0.0224. The first-order valence-corrected chi connectivity index (χ1v) is 10.9. The van der Waals surface area contributed by atoms with Crippen LogP contribution in [0.3, 0.4) is 0 Å². The maximum atomic E-state index is 14.2. The van der Waals surface area contributed by atoms with Gasteiger partial charge in [0.2, 0.25) is 0 Å². The lowest BCUT2D eigenvalue weighted by molar-refractivity contribution is -0.0750. The van der Waals surface area contributed by atoms with Crippen molar-refractivity contribution in [3.05, 3.63) is 94.0 Å². The first-order valence-electron chi connectivity index (χ1n) is 10.9. The molecule has 0 amide bonds. The lowest BCUT2D eigenvalue weighted by atomic mass is 9.72. The number of hydrogen-bond acceptors (Lipinski definition) is 3. The van der Waals surface area contributed by atoms with E-state index in [9.17, 15) is 14.0 Å². The Labute approximate surface area is 186 Å². The SMILES string of the molecule is Cc1cc(-c2ccccc2CC#N)ccc1C1CNCC[C@@]12OCc1cc(F)c(F)cc12. The molecule has 0 saturated carbocycles. The molecular formula is C27H24F2N2O. The Hall–Kier alpha value is -3.07. The molecule has 2 atom stereocenters. The number of rotatable bonds is 3. The van der Waals surface area contributed by atoms with Crippen LogP contribution in [0, 0.1) is 29.9 Å². The van der Waals surface area contributed by atoms with E-state index in [1.807, 2.05) is 24.3 Å². The fourth-order valence-corrected chi connectivity index (χ4v) is 5.38. The van der Waals surface area contributed by atoms with Gasteiger partial charge in [0, 0.05) is 12.5 Å². The second kappa shape index (κ2) is 8.12. The van der Waals surface area contributed by atoms with Gasteiger partial charge in [0.25, 0.3) is 0 Å². The van der Waals surface area contributed by atoms with Crippen molar-refractivity contribution in [1.82, 2.24) is 5.32 Å². The molecule has 1 N–H and O–H groups in total. The van der Waals surface area contributed by atoms with Crippen LogP contribution in [0.15, 0.2) is 54.6 Å². The zero-order chi connectivity index (χ0) is 22.3. The number of ether oxygens (including phenoxy) is 1. The first kappa shape index (κ1) is 20.8. The van der Waals surface area contributed by atoms with Crippen LogP contribution in [0.4, 0.5) is 8.78 Å². The molecule has 162 valence electrons. The average molecular weight is 430 g/mol. The fraction of sp³-hybridized carbons (Fsp3) is 0.296. The maximum absolute atomic E-state index is 14.2. The van der Waals surface area contributed by atoms with Crippen molar-refractivity contribution in [3.8, 4) is 17.2 Å². The fourth-order valence-electron chi connectivity index (χ4n) is 5.38. The smallest absolute Gasteiger partial charge is 0.159 e. The largest absolute Gasteiger partial charge is 0.365 e. The number of halogens is 2. The molecule has 2 heterocycles. The molecule has 0 aromatic heterocycles. The first-order chi connectivity index (χ1) is 15.5. The summed E-state index contributed by atoms with van der Waals surface area (Å²) in [5.74, 6) is -1.68. The molecule has 1 fully saturated rings. The van der Waals surface area contributed by atoms with Gasteiger partial charge in [-0.3, -0.25) is 0 Å². The molecule has 3 nitrogen and oxygen atoms in total. The van der Waals surface area contributed by atoms with Crippen LogP contribution in [-0.2, 0) is 23.4 Å². The second-order valence-electron chi connectivity index (χ2n) is 8.67. The summed E-state index contributed by atoms with van der Waals surface area (Å²) in [6.45, 7) is 3.83. The highest BCUT2D eigenvalue weighted by Gasteiger charge is 2.49. The molecule has 1 unspecified atom stereocenters. The molecule has 1 spiro atoms. The van der Waals surface area contributed by atoms with Gasteiger partial charge in [-0.2, -0.15) is 5.26 Å². The van der Waals surface area contributed by atoms with E-state index in [4.69, 9.17) is 4.74 Å². The molecule has 1 saturated heterocycles. The molecule has 5 heteroatoms. The van der Waals surface area contributed by atoms with Crippen LogP contribution in [0.25, 0.3) is 11.1 Å². The van der Waals surface area contributed by atoms with Crippen molar-refractivity contribution in [2.75, 3.05) is 13.1 Å². The number of aryl methyl sites for hydroxylation is 1. The highest BCUT2D eigenvalue weighted by Crippen LogP contribution is 2.51. The standard InChI is InChI=1S/C27H24F2N2O/c1-17-12-19(22-5-3-2-4-18(22)8-10-30)6-7-21(17)24-15-31-11-9-27(24)23-14-26(29)25(28)13-20(23)16-32-27/h2-7,12-14,24,31H,8-9,11,15-16H2,1H3/t24?,27-/m0/s1. The third kappa shape index (κ3) is 3.31. The van der Waals surface area contributed by atoms with E-state index >= 15 is 0 Å². The molecule has 3 aromatic carbocycles. The van der Waals surface area contributed by atoms with Crippen LogP contribution in [0.5, 0.6) is 0 Å². The number of hydrogen-bond donors (Lipinski definition) is 1. The molecule has 0 aliphatic carbocycles. The summed E-state index contributed by atoms with van der Waals surface area (Å²) in [6.07, 6.45) is 1.06. The Kier molecular flexibility index (Phi) is 5.28. The molecule has 0 radical (unpaired) electrons. The van der Waals surface area contributed by atoms with Gasteiger partial charge in [-0.15, -0.1) is 0 Å². The number of nitrogens with one attached hydrogen (secondary N) is 1.